The maximum absolute atomic E-state index is 11.9. The summed E-state index contributed by atoms with van der Waals surface area (Å²) in [5.74, 6) is 0.328. The van der Waals surface area contributed by atoms with Crippen LogP contribution in [-0.2, 0) is 11.2 Å². The number of hydrogen-bond donors (Lipinski definition) is 2. The van der Waals surface area contributed by atoms with Crippen molar-refractivity contribution in [2.45, 2.75) is 52.6 Å². The number of amides is 1. The summed E-state index contributed by atoms with van der Waals surface area (Å²) in [5.41, 5.74) is 6.76. The van der Waals surface area contributed by atoms with Crippen molar-refractivity contribution in [3.8, 4) is 0 Å². The van der Waals surface area contributed by atoms with Crippen LogP contribution >= 0.6 is 36.2 Å². The maximum Gasteiger partial charge on any atom is 0.237 e. The molecule has 1 unspecified atom stereocenters. The lowest BCUT2D eigenvalue weighted by Gasteiger charge is -2.17. The average Bonchev–Trinajstić information content (AvgIpc) is 2.76. The van der Waals surface area contributed by atoms with E-state index in [1.165, 1.54) is 0 Å². The fraction of sp³-hybridized carbons (Fsp3) is 0.692. The van der Waals surface area contributed by atoms with Gasteiger partial charge in [0.15, 0.2) is 0 Å². The first-order valence-electron chi connectivity index (χ1n) is 6.44. The molecule has 0 bridgehead atoms. The minimum absolute atomic E-state index is 0. The molecule has 7 heteroatoms. The van der Waals surface area contributed by atoms with Crippen molar-refractivity contribution < 1.29 is 4.79 Å². The Kier molecular flexibility index (Phi) is 11.4. The van der Waals surface area contributed by atoms with Gasteiger partial charge in [-0.25, -0.2) is 4.98 Å². The lowest BCUT2D eigenvalue weighted by molar-refractivity contribution is -0.123. The molecule has 0 aromatic carbocycles. The molecule has 0 radical (unpaired) electrons. The molecule has 0 spiro atoms. The van der Waals surface area contributed by atoms with Crippen molar-refractivity contribution in [3.05, 3.63) is 16.1 Å². The van der Waals surface area contributed by atoms with Crippen LogP contribution in [0.5, 0.6) is 0 Å². The van der Waals surface area contributed by atoms with Gasteiger partial charge in [-0.1, -0.05) is 20.8 Å². The van der Waals surface area contributed by atoms with Crippen LogP contribution in [0.2, 0.25) is 0 Å². The molecule has 118 valence electrons. The van der Waals surface area contributed by atoms with E-state index in [-0.39, 0.29) is 36.8 Å². The highest BCUT2D eigenvalue weighted by Gasteiger charge is 2.18. The van der Waals surface area contributed by atoms with Gasteiger partial charge in [0.05, 0.1) is 22.8 Å². The fourth-order valence-electron chi connectivity index (χ4n) is 1.70. The zero-order valence-corrected chi connectivity index (χ0v) is 14.8. The molecular formula is C13H25Cl2N3OS. The summed E-state index contributed by atoms with van der Waals surface area (Å²) < 4.78 is 0. The molecule has 1 amide bonds. The van der Waals surface area contributed by atoms with E-state index in [0.29, 0.717) is 12.3 Å². The Bertz CT molecular complexity index is 399. The Hall–Kier alpha value is -0.360. The van der Waals surface area contributed by atoms with E-state index >= 15 is 0 Å². The highest BCUT2D eigenvalue weighted by atomic mass is 35.5. The molecule has 1 rings (SSSR count). The number of nitrogens with zero attached hydrogens (tertiary/aromatic N) is 1. The first-order valence-corrected chi connectivity index (χ1v) is 7.32. The lowest BCUT2D eigenvalue weighted by atomic mass is 10.0. The second kappa shape index (κ2) is 10.4. The van der Waals surface area contributed by atoms with E-state index in [1.807, 2.05) is 12.3 Å². The van der Waals surface area contributed by atoms with Crippen LogP contribution in [-0.4, -0.2) is 16.9 Å². The zero-order valence-electron chi connectivity index (χ0n) is 12.4. The number of carbonyl (C=O) groups is 1. The van der Waals surface area contributed by atoms with E-state index in [1.54, 1.807) is 11.3 Å². The van der Waals surface area contributed by atoms with Gasteiger partial charge in [0.2, 0.25) is 5.91 Å². The minimum atomic E-state index is -0.434. The molecule has 1 aromatic heterocycles. The van der Waals surface area contributed by atoms with E-state index in [0.717, 1.165) is 17.1 Å². The second-order valence-corrected chi connectivity index (χ2v) is 5.93. The molecule has 4 nitrogen and oxygen atoms in total. The number of hydrogen-bond acceptors (Lipinski definition) is 4. The predicted octanol–water partition coefficient (Wildman–Crippen LogP) is 3.10. The topological polar surface area (TPSA) is 68.0 Å². The van der Waals surface area contributed by atoms with Crippen molar-refractivity contribution in [3.63, 3.8) is 0 Å². The van der Waals surface area contributed by atoms with E-state index in [4.69, 9.17) is 5.73 Å². The van der Waals surface area contributed by atoms with Crippen LogP contribution in [0, 0.1) is 5.92 Å². The van der Waals surface area contributed by atoms with Gasteiger partial charge < -0.3 is 11.1 Å². The Morgan fingerprint density at radius 3 is 2.45 bits per heavy atom. The highest BCUT2D eigenvalue weighted by Crippen LogP contribution is 2.17. The van der Waals surface area contributed by atoms with Gasteiger partial charge in [0.25, 0.3) is 0 Å². The molecule has 2 atom stereocenters. The van der Waals surface area contributed by atoms with Gasteiger partial charge >= 0.3 is 0 Å². The number of thiazole rings is 1. The van der Waals surface area contributed by atoms with Crippen LogP contribution < -0.4 is 11.1 Å². The number of aryl methyl sites for hydroxylation is 1. The van der Waals surface area contributed by atoms with Crippen molar-refractivity contribution in [2.75, 3.05) is 0 Å². The number of halogens is 2. The van der Waals surface area contributed by atoms with Crippen LogP contribution in [0.3, 0.4) is 0 Å². The third kappa shape index (κ3) is 6.88. The Morgan fingerprint density at radius 1 is 1.40 bits per heavy atom. The Labute approximate surface area is 137 Å². The standard InChI is InChI=1S/C13H23N3OS.2ClH/c1-5-12-16-11(7-18-12)9(4)15-13(17)10(14)6-8(2)3;;/h7-10H,5-6,14H2,1-4H3,(H,15,17);2*1H/t9?,10-;;/m0../s1. The Morgan fingerprint density at radius 2 is 2.00 bits per heavy atom. The summed E-state index contributed by atoms with van der Waals surface area (Å²) in [6.45, 7) is 8.13. The summed E-state index contributed by atoms with van der Waals surface area (Å²) in [6, 6.07) is -0.510. The molecule has 0 aliphatic rings. The molecule has 1 aromatic rings. The second-order valence-electron chi connectivity index (χ2n) is 4.99. The summed E-state index contributed by atoms with van der Waals surface area (Å²) >= 11 is 1.63. The van der Waals surface area contributed by atoms with E-state index < -0.39 is 6.04 Å². The summed E-state index contributed by atoms with van der Waals surface area (Å²) in [7, 11) is 0. The van der Waals surface area contributed by atoms with Crippen LogP contribution in [0.15, 0.2) is 5.38 Å². The van der Waals surface area contributed by atoms with Gasteiger partial charge in [-0.05, 0) is 25.7 Å². The highest BCUT2D eigenvalue weighted by molar-refractivity contribution is 7.09. The number of nitrogens with two attached hydrogens (primary N) is 1. The van der Waals surface area contributed by atoms with Gasteiger partial charge in [0, 0.05) is 5.38 Å². The fourth-order valence-corrected chi connectivity index (χ4v) is 2.53. The van der Waals surface area contributed by atoms with Crippen LogP contribution in [0.4, 0.5) is 0 Å². The summed E-state index contributed by atoms with van der Waals surface area (Å²) in [6.07, 6.45) is 1.63. The van der Waals surface area contributed by atoms with Gasteiger partial charge in [-0.2, -0.15) is 0 Å². The van der Waals surface area contributed by atoms with Crippen molar-refractivity contribution in [1.82, 2.24) is 10.3 Å². The molecule has 0 saturated heterocycles. The van der Waals surface area contributed by atoms with Gasteiger partial charge in [-0.3, -0.25) is 4.79 Å². The number of nitrogens with one attached hydrogen (secondary N) is 1. The molecule has 1 heterocycles. The lowest BCUT2D eigenvalue weighted by Crippen LogP contribution is -2.42. The monoisotopic (exact) mass is 341 g/mol. The molecule has 0 aliphatic heterocycles. The van der Waals surface area contributed by atoms with E-state index in [9.17, 15) is 4.79 Å². The number of aromatic nitrogens is 1. The summed E-state index contributed by atoms with van der Waals surface area (Å²) in [4.78, 5) is 16.3. The first kappa shape index (κ1) is 21.9. The third-order valence-electron chi connectivity index (χ3n) is 2.74. The smallest absolute Gasteiger partial charge is 0.237 e. The molecule has 0 fully saturated rings. The van der Waals surface area contributed by atoms with E-state index in [2.05, 4.69) is 31.1 Å². The van der Waals surface area contributed by atoms with Gasteiger partial charge in [0.1, 0.15) is 0 Å². The van der Waals surface area contributed by atoms with Crippen molar-refractivity contribution in [2.24, 2.45) is 11.7 Å². The Balaban J connectivity index is 0. The average molecular weight is 342 g/mol. The predicted molar refractivity (Wildman–Crippen MR) is 90.0 cm³/mol. The normalized spacial score (nSPS) is 13.1. The van der Waals surface area contributed by atoms with Crippen LogP contribution in [0.1, 0.15) is 50.9 Å². The SMILES string of the molecule is CCc1nc(C(C)NC(=O)[C@@H](N)CC(C)C)cs1.Cl.Cl. The first-order chi connectivity index (χ1) is 8.43. The molecule has 0 saturated carbocycles. The third-order valence-corrected chi connectivity index (χ3v) is 3.75. The van der Waals surface area contributed by atoms with Crippen molar-refractivity contribution in [1.29, 1.82) is 0 Å². The molecule has 3 N–H and O–H groups in total. The largest absolute Gasteiger partial charge is 0.347 e. The molecule has 20 heavy (non-hydrogen) atoms. The molecular weight excluding hydrogens is 317 g/mol. The quantitative estimate of drug-likeness (QED) is 0.835. The molecule has 0 aliphatic carbocycles. The number of rotatable bonds is 6. The van der Waals surface area contributed by atoms with Crippen molar-refractivity contribution >= 4 is 42.1 Å². The van der Waals surface area contributed by atoms with Gasteiger partial charge in [-0.15, -0.1) is 36.2 Å². The summed E-state index contributed by atoms with van der Waals surface area (Å²) in [5, 5.41) is 6.01. The maximum atomic E-state index is 11.9. The number of carbonyl (C=O) groups excluding carboxylic acids is 1. The minimum Gasteiger partial charge on any atom is -0.347 e. The zero-order chi connectivity index (χ0) is 13.7. The van der Waals surface area contributed by atoms with Crippen LogP contribution in [0.25, 0.3) is 0 Å².